The smallest absolute Gasteiger partial charge is 0.151 e. The first kappa shape index (κ1) is 18.3. The van der Waals surface area contributed by atoms with Crippen LogP contribution in [0.25, 0.3) is 0 Å². The van der Waals surface area contributed by atoms with E-state index in [-0.39, 0.29) is 6.10 Å². The lowest BCUT2D eigenvalue weighted by atomic mass is 9.97. The van der Waals surface area contributed by atoms with Crippen LogP contribution in [0, 0.1) is 6.92 Å². The second-order valence-electron chi connectivity index (χ2n) is 7.86. The molecular formula is C19H29N7O. The molecule has 0 amide bonds. The van der Waals surface area contributed by atoms with Crippen molar-refractivity contribution in [2.45, 2.75) is 51.2 Å². The fourth-order valence-electron chi connectivity index (χ4n) is 4.10. The largest absolute Gasteiger partial charge is 0.393 e. The predicted molar refractivity (Wildman–Crippen MR) is 102 cm³/mol. The predicted octanol–water partition coefficient (Wildman–Crippen LogP) is 1.25. The van der Waals surface area contributed by atoms with E-state index < -0.39 is 0 Å². The van der Waals surface area contributed by atoms with Crippen molar-refractivity contribution in [3.05, 3.63) is 29.5 Å². The van der Waals surface area contributed by atoms with Gasteiger partial charge in [-0.25, -0.2) is 0 Å². The van der Waals surface area contributed by atoms with E-state index in [1.807, 2.05) is 13.0 Å². The summed E-state index contributed by atoms with van der Waals surface area (Å²) in [6.07, 6.45) is 3.79. The van der Waals surface area contributed by atoms with Crippen LogP contribution in [-0.2, 0) is 13.6 Å². The van der Waals surface area contributed by atoms with Gasteiger partial charge >= 0.3 is 0 Å². The average Bonchev–Trinajstić information content (AvgIpc) is 3.05. The molecule has 0 bridgehead atoms. The standard InChI is InChI=1S/C19H29N7O/c1-14-5-6-17(21-20-14)26-9-3-4-15(12-26)19-23-22-18(24(19)2)13-25-10-7-16(27)8-11-25/h5-6,15-16,27H,3-4,7-13H2,1-2H3/t15-/m1/s1. The Morgan fingerprint density at radius 1 is 1.04 bits per heavy atom. The molecule has 1 atom stereocenters. The van der Waals surface area contributed by atoms with Crippen molar-refractivity contribution in [1.82, 2.24) is 29.9 Å². The van der Waals surface area contributed by atoms with Gasteiger partial charge in [-0.05, 0) is 44.7 Å². The third-order valence-electron chi connectivity index (χ3n) is 5.82. The lowest BCUT2D eigenvalue weighted by Gasteiger charge is -2.33. The molecule has 0 unspecified atom stereocenters. The van der Waals surface area contributed by atoms with Crippen molar-refractivity contribution >= 4 is 5.82 Å². The fraction of sp³-hybridized carbons (Fsp3) is 0.684. The van der Waals surface area contributed by atoms with Crippen LogP contribution in [0.2, 0.25) is 0 Å². The maximum atomic E-state index is 9.68. The van der Waals surface area contributed by atoms with Crippen molar-refractivity contribution in [2.75, 3.05) is 31.1 Å². The van der Waals surface area contributed by atoms with Crippen LogP contribution >= 0.6 is 0 Å². The Balaban J connectivity index is 1.43. The van der Waals surface area contributed by atoms with Gasteiger partial charge in [0.1, 0.15) is 11.6 Å². The lowest BCUT2D eigenvalue weighted by Crippen LogP contribution is -2.37. The first-order valence-electron chi connectivity index (χ1n) is 9.94. The summed E-state index contributed by atoms with van der Waals surface area (Å²) in [5.74, 6) is 3.37. The summed E-state index contributed by atoms with van der Waals surface area (Å²) in [4.78, 5) is 4.66. The Morgan fingerprint density at radius 2 is 1.85 bits per heavy atom. The van der Waals surface area contributed by atoms with E-state index in [1.165, 1.54) is 0 Å². The number of nitrogens with zero attached hydrogens (tertiary/aromatic N) is 7. The summed E-state index contributed by atoms with van der Waals surface area (Å²) >= 11 is 0. The normalized spacial score (nSPS) is 22.3. The molecule has 4 heterocycles. The Morgan fingerprint density at radius 3 is 2.59 bits per heavy atom. The summed E-state index contributed by atoms with van der Waals surface area (Å²) in [6, 6.07) is 4.07. The highest BCUT2D eigenvalue weighted by Crippen LogP contribution is 2.28. The van der Waals surface area contributed by atoms with Crippen molar-refractivity contribution in [3.63, 3.8) is 0 Å². The molecule has 146 valence electrons. The number of anilines is 1. The molecule has 2 saturated heterocycles. The lowest BCUT2D eigenvalue weighted by molar-refractivity contribution is 0.0775. The van der Waals surface area contributed by atoms with Crippen LogP contribution < -0.4 is 4.90 Å². The summed E-state index contributed by atoms with van der Waals surface area (Å²) in [5.41, 5.74) is 0.940. The maximum Gasteiger partial charge on any atom is 0.151 e. The zero-order chi connectivity index (χ0) is 18.8. The van der Waals surface area contributed by atoms with Gasteiger partial charge in [-0.15, -0.1) is 15.3 Å². The van der Waals surface area contributed by atoms with Gasteiger partial charge in [0.2, 0.25) is 0 Å². The number of rotatable bonds is 4. The second kappa shape index (κ2) is 7.90. The summed E-state index contributed by atoms with van der Waals surface area (Å²) in [6.45, 7) is 6.52. The Bertz CT molecular complexity index is 752. The molecule has 2 aliphatic heterocycles. The number of aliphatic hydroxyl groups excluding tert-OH is 1. The van der Waals surface area contributed by atoms with Crippen LogP contribution in [0.4, 0.5) is 5.82 Å². The SMILES string of the molecule is Cc1ccc(N2CCC[C@@H](c3nnc(CN4CCC(O)CC4)n3C)C2)nn1. The molecule has 2 aromatic heterocycles. The van der Waals surface area contributed by atoms with Crippen LogP contribution in [-0.4, -0.2) is 67.3 Å². The number of hydrogen-bond donors (Lipinski definition) is 1. The second-order valence-corrected chi connectivity index (χ2v) is 7.86. The van der Waals surface area contributed by atoms with Gasteiger partial charge in [0, 0.05) is 39.1 Å². The van der Waals surface area contributed by atoms with E-state index >= 15 is 0 Å². The maximum absolute atomic E-state index is 9.68. The first-order chi connectivity index (χ1) is 13.1. The molecule has 0 aromatic carbocycles. The molecule has 1 N–H and O–H groups in total. The average molecular weight is 371 g/mol. The monoisotopic (exact) mass is 371 g/mol. The van der Waals surface area contributed by atoms with Gasteiger partial charge in [0.15, 0.2) is 5.82 Å². The summed E-state index contributed by atoms with van der Waals surface area (Å²) < 4.78 is 2.17. The molecule has 8 nitrogen and oxygen atoms in total. The third kappa shape index (κ3) is 4.11. The first-order valence-corrected chi connectivity index (χ1v) is 9.94. The van der Waals surface area contributed by atoms with Crippen LogP contribution in [0.1, 0.15) is 48.9 Å². The van der Waals surface area contributed by atoms with E-state index in [4.69, 9.17) is 0 Å². The molecule has 0 saturated carbocycles. The van der Waals surface area contributed by atoms with Gasteiger partial charge in [0.05, 0.1) is 18.3 Å². The minimum atomic E-state index is -0.144. The number of aliphatic hydroxyl groups is 1. The van der Waals surface area contributed by atoms with Crippen LogP contribution in [0.15, 0.2) is 12.1 Å². The number of piperidine rings is 2. The third-order valence-corrected chi connectivity index (χ3v) is 5.82. The van der Waals surface area contributed by atoms with Gasteiger partial charge < -0.3 is 14.6 Å². The Labute approximate surface area is 160 Å². The van der Waals surface area contributed by atoms with Gasteiger partial charge in [0.25, 0.3) is 0 Å². The van der Waals surface area contributed by atoms with Crippen molar-refractivity contribution in [1.29, 1.82) is 0 Å². The zero-order valence-corrected chi connectivity index (χ0v) is 16.3. The minimum Gasteiger partial charge on any atom is -0.393 e. The van der Waals surface area contributed by atoms with E-state index in [1.54, 1.807) is 0 Å². The molecule has 2 fully saturated rings. The van der Waals surface area contributed by atoms with Crippen molar-refractivity contribution in [3.8, 4) is 0 Å². The highest BCUT2D eigenvalue weighted by Gasteiger charge is 2.27. The topological polar surface area (TPSA) is 83.2 Å². The van der Waals surface area contributed by atoms with Gasteiger partial charge in [-0.3, -0.25) is 4.90 Å². The minimum absolute atomic E-state index is 0.144. The van der Waals surface area contributed by atoms with Gasteiger partial charge in [-0.2, -0.15) is 5.10 Å². The summed E-state index contributed by atoms with van der Waals surface area (Å²) in [5, 5.41) is 27.2. The number of hydrogen-bond acceptors (Lipinski definition) is 7. The number of aryl methyl sites for hydroxylation is 1. The van der Waals surface area contributed by atoms with Gasteiger partial charge in [-0.1, -0.05) is 0 Å². The molecular weight excluding hydrogens is 342 g/mol. The molecule has 2 aromatic rings. The molecule has 0 spiro atoms. The van der Waals surface area contributed by atoms with E-state index in [0.29, 0.717) is 5.92 Å². The van der Waals surface area contributed by atoms with Crippen molar-refractivity contribution in [2.24, 2.45) is 7.05 Å². The van der Waals surface area contributed by atoms with Crippen LogP contribution in [0.3, 0.4) is 0 Å². The van der Waals surface area contributed by atoms with Crippen LogP contribution in [0.5, 0.6) is 0 Å². The fourth-order valence-corrected chi connectivity index (χ4v) is 4.10. The highest BCUT2D eigenvalue weighted by atomic mass is 16.3. The molecule has 8 heteroatoms. The number of aromatic nitrogens is 5. The molecule has 0 radical (unpaired) electrons. The molecule has 2 aliphatic rings. The highest BCUT2D eigenvalue weighted by molar-refractivity contribution is 5.38. The Hall–Kier alpha value is -2.06. The zero-order valence-electron chi connectivity index (χ0n) is 16.3. The van der Waals surface area contributed by atoms with Crippen molar-refractivity contribution < 1.29 is 5.11 Å². The Kier molecular flexibility index (Phi) is 5.36. The molecule has 0 aliphatic carbocycles. The number of likely N-dealkylation sites (tertiary alicyclic amines) is 1. The summed E-state index contributed by atoms with van der Waals surface area (Å²) in [7, 11) is 2.08. The quantitative estimate of drug-likeness (QED) is 0.866. The van der Waals surface area contributed by atoms with E-state index in [0.717, 1.165) is 81.6 Å². The molecule has 27 heavy (non-hydrogen) atoms. The van der Waals surface area contributed by atoms with E-state index in [2.05, 4.69) is 47.9 Å². The molecule has 4 rings (SSSR count). The van der Waals surface area contributed by atoms with E-state index in [9.17, 15) is 5.11 Å².